The minimum Gasteiger partial charge on any atom is -0.481 e. The van der Waals surface area contributed by atoms with Gasteiger partial charge in [0.05, 0.1) is 12.5 Å². The molecule has 3 aliphatic carbocycles. The minimum atomic E-state index is -0.930. The quantitative estimate of drug-likeness (QED) is 0.700. The summed E-state index contributed by atoms with van der Waals surface area (Å²) in [6.45, 7) is 0. The Kier molecular flexibility index (Phi) is 5.95. The van der Waals surface area contributed by atoms with Crippen molar-refractivity contribution in [3.8, 4) is 0 Å². The minimum absolute atomic E-state index is 0.0482. The second-order valence-corrected chi connectivity index (χ2v) is 10.1. The van der Waals surface area contributed by atoms with Gasteiger partial charge in [0.15, 0.2) is 0 Å². The van der Waals surface area contributed by atoms with Gasteiger partial charge in [0.1, 0.15) is 0 Å². The lowest BCUT2D eigenvalue weighted by Gasteiger charge is -2.48. The molecule has 6 nitrogen and oxygen atoms in total. The average molecular weight is 439 g/mol. The van der Waals surface area contributed by atoms with E-state index in [-0.39, 0.29) is 54.6 Å². The third-order valence-corrected chi connectivity index (χ3v) is 8.06. The van der Waals surface area contributed by atoms with E-state index in [1.165, 1.54) is 6.42 Å². The van der Waals surface area contributed by atoms with Crippen molar-refractivity contribution in [2.45, 2.75) is 95.2 Å². The number of carboxylic acid groups (broad SMARTS) is 1. The summed E-state index contributed by atoms with van der Waals surface area (Å²) in [5.41, 5.74) is 2.06. The van der Waals surface area contributed by atoms with Crippen LogP contribution in [0.1, 0.15) is 88.7 Å². The number of nitrogens with zero attached hydrogens (tertiary/aromatic N) is 2. The van der Waals surface area contributed by atoms with Crippen LogP contribution in [0.25, 0.3) is 0 Å². The number of para-hydroxylation sites is 1. The van der Waals surface area contributed by atoms with E-state index >= 15 is 0 Å². The van der Waals surface area contributed by atoms with Crippen LogP contribution in [0, 0.1) is 11.8 Å². The van der Waals surface area contributed by atoms with Crippen molar-refractivity contribution < 1.29 is 19.5 Å². The molecular formula is C26H34N2O4. The lowest BCUT2D eigenvalue weighted by molar-refractivity contribution is -0.143. The maximum Gasteiger partial charge on any atom is 0.303 e. The first-order chi connectivity index (χ1) is 15.6. The summed E-state index contributed by atoms with van der Waals surface area (Å²) in [6.07, 6.45) is 10.4. The van der Waals surface area contributed by atoms with Crippen LogP contribution in [0.2, 0.25) is 0 Å². The Bertz CT molecular complexity index is 890. The number of anilines is 1. The fraction of sp³-hybridized carbons (Fsp3) is 0.654. The Morgan fingerprint density at radius 2 is 1.66 bits per heavy atom. The van der Waals surface area contributed by atoms with E-state index in [1.807, 2.05) is 17.0 Å². The topological polar surface area (TPSA) is 77.9 Å². The lowest BCUT2D eigenvalue weighted by Crippen LogP contribution is -2.54. The molecule has 1 heterocycles. The van der Waals surface area contributed by atoms with E-state index in [4.69, 9.17) is 5.11 Å². The molecule has 1 N–H and O–H groups in total. The van der Waals surface area contributed by atoms with E-state index in [2.05, 4.69) is 17.0 Å². The predicted octanol–water partition coefficient (Wildman–Crippen LogP) is 4.68. The zero-order valence-corrected chi connectivity index (χ0v) is 18.7. The van der Waals surface area contributed by atoms with E-state index < -0.39 is 5.97 Å². The molecule has 3 unspecified atom stereocenters. The molecule has 0 radical (unpaired) electrons. The van der Waals surface area contributed by atoms with Crippen LogP contribution in [-0.4, -0.2) is 39.9 Å². The van der Waals surface area contributed by atoms with Gasteiger partial charge in [-0.05, 0) is 50.2 Å². The molecule has 32 heavy (non-hydrogen) atoms. The van der Waals surface area contributed by atoms with Gasteiger partial charge >= 0.3 is 5.97 Å². The van der Waals surface area contributed by atoms with Crippen molar-refractivity contribution in [2.75, 3.05) is 4.90 Å². The maximum atomic E-state index is 13.8. The van der Waals surface area contributed by atoms with Gasteiger partial charge in [-0.2, -0.15) is 0 Å². The number of aliphatic carboxylic acids is 1. The number of benzene rings is 1. The second-order valence-electron chi connectivity index (χ2n) is 10.1. The molecule has 0 spiro atoms. The highest BCUT2D eigenvalue weighted by Crippen LogP contribution is 2.53. The van der Waals surface area contributed by atoms with Crippen molar-refractivity contribution in [3.63, 3.8) is 0 Å². The number of rotatable bonds is 6. The summed E-state index contributed by atoms with van der Waals surface area (Å²) >= 11 is 0. The normalized spacial score (nSPS) is 27.5. The van der Waals surface area contributed by atoms with Crippen LogP contribution >= 0.6 is 0 Å². The predicted molar refractivity (Wildman–Crippen MR) is 121 cm³/mol. The van der Waals surface area contributed by atoms with E-state index in [0.717, 1.165) is 69.0 Å². The number of hydrogen-bond donors (Lipinski definition) is 1. The summed E-state index contributed by atoms with van der Waals surface area (Å²) in [7, 11) is 0. The van der Waals surface area contributed by atoms with Crippen LogP contribution in [0.5, 0.6) is 0 Å². The number of carbonyl (C=O) groups is 3. The lowest BCUT2D eigenvalue weighted by atomic mass is 9.79. The van der Waals surface area contributed by atoms with Gasteiger partial charge in [-0.25, -0.2) is 0 Å². The third kappa shape index (κ3) is 3.93. The molecule has 0 bridgehead atoms. The molecule has 172 valence electrons. The Labute approximate surface area is 190 Å². The average Bonchev–Trinajstić information content (AvgIpc) is 3.53. The molecule has 5 rings (SSSR count). The molecule has 0 aromatic heterocycles. The highest BCUT2D eigenvalue weighted by Gasteiger charge is 2.51. The van der Waals surface area contributed by atoms with Crippen molar-refractivity contribution in [1.29, 1.82) is 0 Å². The number of carbonyl (C=O) groups excluding carboxylic acids is 2. The van der Waals surface area contributed by atoms with Gasteiger partial charge in [-0.1, -0.05) is 43.9 Å². The molecule has 3 fully saturated rings. The maximum absolute atomic E-state index is 13.8. The van der Waals surface area contributed by atoms with Crippen molar-refractivity contribution >= 4 is 23.5 Å². The number of fused-ring (bicyclic) bond motifs is 2. The summed E-state index contributed by atoms with van der Waals surface area (Å²) in [5.74, 6) is -0.352. The Morgan fingerprint density at radius 1 is 0.906 bits per heavy atom. The van der Waals surface area contributed by atoms with Crippen LogP contribution in [-0.2, 0) is 14.4 Å². The molecular weight excluding hydrogens is 404 g/mol. The Morgan fingerprint density at radius 3 is 2.38 bits per heavy atom. The second kappa shape index (κ2) is 8.87. The fourth-order valence-electron chi connectivity index (χ4n) is 6.49. The molecule has 1 aromatic rings. The van der Waals surface area contributed by atoms with Crippen molar-refractivity contribution in [1.82, 2.24) is 4.90 Å². The standard InChI is InChI=1S/C26H34N2O4/c29-23(15-16-24(30)31)27(18-13-14-18)25-19-9-4-5-11-21(19)28(22-12-6-10-20(22)25)26(32)17-7-2-1-3-8-17/h4-5,9,11,17-18,20,22,25H,1-3,6-8,10,12-16H2,(H,30,31). The van der Waals surface area contributed by atoms with E-state index in [0.29, 0.717) is 0 Å². The highest BCUT2D eigenvalue weighted by molar-refractivity contribution is 5.97. The fourth-order valence-corrected chi connectivity index (χ4v) is 6.49. The summed E-state index contributed by atoms with van der Waals surface area (Å²) in [6, 6.07) is 8.45. The highest BCUT2D eigenvalue weighted by atomic mass is 16.4. The smallest absolute Gasteiger partial charge is 0.303 e. The molecule has 3 atom stereocenters. The number of amides is 2. The molecule has 0 saturated heterocycles. The van der Waals surface area contributed by atoms with Gasteiger partial charge in [-0.3, -0.25) is 14.4 Å². The number of carboxylic acids is 1. The van der Waals surface area contributed by atoms with E-state index in [9.17, 15) is 14.4 Å². The van der Waals surface area contributed by atoms with E-state index in [1.54, 1.807) is 0 Å². The third-order valence-electron chi connectivity index (χ3n) is 8.06. The monoisotopic (exact) mass is 438 g/mol. The summed E-state index contributed by atoms with van der Waals surface area (Å²) in [4.78, 5) is 42.3. The SMILES string of the molecule is O=C(O)CCC(=O)N(C1CC1)C1c2ccccc2N(C(=O)C2CCCCC2)C2CCCC21. The van der Waals surface area contributed by atoms with Gasteiger partial charge in [-0.15, -0.1) is 0 Å². The summed E-state index contributed by atoms with van der Waals surface area (Å²) < 4.78 is 0. The molecule has 6 heteroatoms. The zero-order valence-electron chi connectivity index (χ0n) is 18.7. The van der Waals surface area contributed by atoms with Crippen LogP contribution in [0.15, 0.2) is 24.3 Å². The van der Waals surface area contributed by atoms with Crippen molar-refractivity contribution in [2.24, 2.45) is 11.8 Å². The Hall–Kier alpha value is -2.37. The molecule has 3 saturated carbocycles. The van der Waals surface area contributed by atoms with Gasteiger partial charge in [0, 0.05) is 36.0 Å². The van der Waals surface area contributed by atoms with Gasteiger partial charge in [0.2, 0.25) is 11.8 Å². The first-order valence-corrected chi connectivity index (χ1v) is 12.5. The molecule has 1 aromatic carbocycles. The van der Waals surface area contributed by atoms with Crippen LogP contribution in [0.4, 0.5) is 5.69 Å². The summed E-state index contributed by atoms with van der Waals surface area (Å²) in [5, 5.41) is 9.12. The largest absolute Gasteiger partial charge is 0.481 e. The van der Waals surface area contributed by atoms with Crippen LogP contribution in [0.3, 0.4) is 0 Å². The Balaban J connectivity index is 1.51. The van der Waals surface area contributed by atoms with Gasteiger partial charge in [0.25, 0.3) is 0 Å². The first kappa shape index (κ1) is 21.5. The molecule has 1 aliphatic heterocycles. The molecule has 2 amide bonds. The van der Waals surface area contributed by atoms with Crippen molar-refractivity contribution in [3.05, 3.63) is 29.8 Å². The van der Waals surface area contributed by atoms with Gasteiger partial charge < -0.3 is 14.9 Å². The van der Waals surface area contributed by atoms with Crippen LogP contribution < -0.4 is 4.90 Å². The first-order valence-electron chi connectivity index (χ1n) is 12.5. The number of hydrogen-bond acceptors (Lipinski definition) is 3. The zero-order chi connectivity index (χ0) is 22.2. The molecule has 4 aliphatic rings.